The fraction of sp³-hybridized carbons (Fsp3) is 0.667. The van der Waals surface area contributed by atoms with Gasteiger partial charge in [-0.05, 0) is 64.4 Å². The maximum Gasteiger partial charge on any atom is 0.209 e. The molecule has 1 saturated heterocycles. The molecule has 1 atom stereocenters. The van der Waals surface area contributed by atoms with E-state index >= 15 is 0 Å². The van der Waals surface area contributed by atoms with Crippen LogP contribution in [0, 0.1) is 0 Å². The number of sulfonamides is 1. The van der Waals surface area contributed by atoms with Crippen molar-refractivity contribution in [3.63, 3.8) is 0 Å². The molecule has 0 aromatic heterocycles. The molecule has 0 aliphatic carbocycles. The molecule has 1 aliphatic rings. The summed E-state index contributed by atoms with van der Waals surface area (Å²) in [5, 5.41) is 6.70. The van der Waals surface area contributed by atoms with E-state index in [9.17, 15) is 8.42 Å². The van der Waals surface area contributed by atoms with Crippen molar-refractivity contribution in [3.05, 3.63) is 29.8 Å². The predicted octanol–water partition coefficient (Wildman–Crippen LogP) is 1.72. The number of guanidine groups is 1. The molecule has 0 amide bonds. The molecule has 0 saturated carbocycles. The van der Waals surface area contributed by atoms with Gasteiger partial charge in [-0.2, -0.15) is 0 Å². The van der Waals surface area contributed by atoms with Crippen LogP contribution in [0.25, 0.3) is 0 Å². The fourth-order valence-corrected chi connectivity index (χ4v) is 4.77. The lowest BCUT2D eigenvalue weighted by atomic mass is 10.1. The van der Waals surface area contributed by atoms with Crippen LogP contribution in [-0.2, 0) is 10.0 Å². The molecule has 30 heavy (non-hydrogen) atoms. The first-order valence-corrected chi connectivity index (χ1v) is 12.4. The number of rotatable bonds is 10. The molecule has 0 spiro atoms. The van der Waals surface area contributed by atoms with Crippen molar-refractivity contribution in [2.45, 2.75) is 45.2 Å². The first-order chi connectivity index (χ1) is 14.1. The van der Waals surface area contributed by atoms with Crippen LogP contribution in [0.15, 0.2) is 29.3 Å². The van der Waals surface area contributed by atoms with Crippen LogP contribution in [-0.4, -0.2) is 70.9 Å². The van der Waals surface area contributed by atoms with Crippen molar-refractivity contribution in [3.8, 4) is 5.75 Å². The van der Waals surface area contributed by atoms with E-state index < -0.39 is 15.6 Å². The molecule has 170 valence electrons. The zero-order valence-electron chi connectivity index (χ0n) is 18.9. The lowest BCUT2D eigenvalue weighted by Gasteiger charge is -2.29. The molecule has 1 aliphatic heterocycles. The van der Waals surface area contributed by atoms with E-state index in [-0.39, 0.29) is 6.04 Å². The fourth-order valence-electron chi connectivity index (χ4n) is 3.71. The molecule has 9 heteroatoms. The van der Waals surface area contributed by atoms with Crippen molar-refractivity contribution < 1.29 is 13.2 Å². The third kappa shape index (κ3) is 8.12. The number of nitrogens with one attached hydrogen (secondary N) is 3. The third-order valence-electron chi connectivity index (χ3n) is 4.96. The van der Waals surface area contributed by atoms with Crippen molar-refractivity contribution in [1.29, 1.82) is 0 Å². The van der Waals surface area contributed by atoms with E-state index in [4.69, 9.17) is 4.74 Å². The summed E-state index contributed by atoms with van der Waals surface area (Å²) < 4.78 is 31.2. The highest BCUT2D eigenvalue weighted by molar-refractivity contribution is 7.88. The molecule has 1 unspecified atom stereocenters. The van der Waals surface area contributed by atoms with Gasteiger partial charge in [0, 0.05) is 18.6 Å². The number of hydrogen-bond donors (Lipinski definition) is 3. The predicted molar refractivity (Wildman–Crippen MR) is 123 cm³/mol. The summed E-state index contributed by atoms with van der Waals surface area (Å²) in [4.78, 5) is 7.11. The van der Waals surface area contributed by atoms with E-state index in [1.807, 2.05) is 32.9 Å². The van der Waals surface area contributed by atoms with Crippen molar-refractivity contribution >= 4 is 16.0 Å². The van der Waals surface area contributed by atoms with E-state index in [0.29, 0.717) is 19.0 Å². The van der Waals surface area contributed by atoms with Crippen LogP contribution in [0.4, 0.5) is 0 Å². The second kappa shape index (κ2) is 11.0. The number of hydrogen-bond acceptors (Lipinski definition) is 5. The smallest absolute Gasteiger partial charge is 0.209 e. The number of nitrogens with zero attached hydrogens (tertiary/aromatic N) is 2. The average molecular weight is 440 g/mol. The van der Waals surface area contributed by atoms with Crippen molar-refractivity contribution in [2.24, 2.45) is 4.99 Å². The van der Waals surface area contributed by atoms with Crippen LogP contribution in [0.2, 0.25) is 0 Å². The summed E-state index contributed by atoms with van der Waals surface area (Å²) in [5.41, 5.74) is 0.538. The van der Waals surface area contributed by atoms with Gasteiger partial charge < -0.3 is 15.4 Å². The SMILES string of the molecule is CCNC(=NCC(C)(C)NS(C)(=O)=O)NCC(c1cccc(OC)c1)N1CCCC1. The Morgan fingerprint density at radius 2 is 1.97 bits per heavy atom. The summed E-state index contributed by atoms with van der Waals surface area (Å²) in [6.07, 6.45) is 3.58. The summed E-state index contributed by atoms with van der Waals surface area (Å²) >= 11 is 0. The Balaban J connectivity index is 2.13. The zero-order valence-corrected chi connectivity index (χ0v) is 19.7. The van der Waals surface area contributed by atoms with Gasteiger partial charge in [-0.25, -0.2) is 13.1 Å². The second-order valence-electron chi connectivity index (χ2n) is 8.37. The quantitative estimate of drug-likeness (QED) is 0.380. The van der Waals surface area contributed by atoms with E-state index in [1.165, 1.54) is 18.4 Å². The number of aliphatic imine (C=N–C) groups is 1. The molecule has 0 bridgehead atoms. The normalized spacial score (nSPS) is 17.0. The molecular weight excluding hydrogens is 402 g/mol. The van der Waals surface area contributed by atoms with Gasteiger partial charge in [-0.15, -0.1) is 0 Å². The molecule has 1 aromatic carbocycles. The molecule has 1 aromatic rings. The van der Waals surface area contributed by atoms with Crippen LogP contribution in [0.1, 0.15) is 45.2 Å². The van der Waals surface area contributed by atoms with Gasteiger partial charge in [0.15, 0.2) is 5.96 Å². The minimum absolute atomic E-state index is 0.202. The van der Waals surface area contributed by atoms with Crippen molar-refractivity contribution in [1.82, 2.24) is 20.3 Å². The lowest BCUT2D eigenvalue weighted by Crippen LogP contribution is -2.47. The van der Waals surface area contributed by atoms with Gasteiger partial charge in [0.2, 0.25) is 10.0 Å². The van der Waals surface area contributed by atoms with Gasteiger partial charge in [-0.1, -0.05) is 12.1 Å². The van der Waals surface area contributed by atoms with Crippen LogP contribution < -0.4 is 20.1 Å². The van der Waals surface area contributed by atoms with E-state index in [2.05, 4.69) is 37.4 Å². The Bertz CT molecular complexity index is 805. The van der Waals surface area contributed by atoms with Crippen molar-refractivity contribution in [2.75, 3.05) is 46.1 Å². The third-order valence-corrected chi connectivity index (χ3v) is 5.88. The Kier molecular flexibility index (Phi) is 8.93. The summed E-state index contributed by atoms with van der Waals surface area (Å²) in [6, 6.07) is 8.41. The Morgan fingerprint density at radius 1 is 1.27 bits per heavy atom. The summed E-state index contributed by atoms with van der Waals surface area (Å²) in [6.45, 7) is 9.54. The highest BCUT2D eigenvalue weighted by Gasteiger charge is 2.25. The molecule has 3 N–H and O–H groups in total. The molecular formula is C21H37N5O3S. The Hall–Kier alpha value is -1.84. The number of benzene rings is 1. The highest BCUT2D eigenvalue weighted by Crippen LogP contribution is 2.27. The van der Waals surface area contributed by atoms with Gasteiger partial charge >= 0.3 is 0 Å². The molecule has 1 heterocycles. The van der Waals surface area contributed by atoms with E-state index in [0.717, 1.165) is 31.6 Å². The first kappa shape index (κ1) is 24.4. The number of methoxy groups -OCH3 is 1. The Labute approximate surface area is 181 Å². The topological polar surface area (TPSA) is 95.1 Å². The van der Waals surface area contributed by atoms with Gasteiger partial charge in [0.05, 0.1) is 26.0 Å². The van der Waals surface area contributed by atoms with Gasteiger partial charge in [0.1, 0.15) is 5.75 Å². The van der Waals surface area contributed by atoms with Gasteiger partial charge in [-0.3, -0.25) is 9.89 Å². The van der Waals surface area contributed by atoms with Crippen LogP contribution in [0.5, 0.6) is 5.75 Å². The maximum atomic E-state index is 11.6. The molecule has 2 rings (SSSR count). The van der Waals surface area contributed by atoms with E-state index in [1.54, 1.807) is 7.11 Å². The first-order valence-electron chi connectivity index (χ1n) is 10.5. The highest BCUT2D eigenvalue weighted by atomic mass is 32.2. The average Bonchev–Trinajstić information content (AvgIpc) is 3.19. The largest absolute Gasteiger partial charge is 0.497 e. The summed E-state index contributed by atoms with van der Waals surface area (Å²) in [7, 11) is -1.62. The molecule has 0 radical (unpaired) electrons. The zero-order chi connectivity index (χ0) is 22.2. The number of ether oxygens (including phenoxy) is 1. The number of likely N-dealkylation sites (tertiary alicyclic amines) is 1. The molecule has 8 nitrogen and oxygen atoms in total. The summed E-state index contributed by atoms with van der Waals surface area (Å²) in [5.74, 6) is 1.53. The minimum atomic E-state index is -3.30. The minimum Gasteiger partial charge on any atom is -0.497 e. The van der Waals surface area contributed by atoms with Gasteiger partial charge in [0.25, 0.3) is 0 Å². The molecule has 1 fully saturated rings. The van der Waals surface area contributed by atoms with Crippen LogP contribution >= 0.6 is 0 Å². The van der Waals surface area contributed by atoms with Crippen LogP contribution in [0.3, 0.4) is 0 Å². The monoisotopic (exact) mass is 439 g/mol. The lowest BCUT2D eigenvalue weighted by molar-refractivity contribution is 0.245. The maximum absolute atomic E-state index is 11.6. The second-order valence-corrected chi connectivity index (χ2v) is 10.1. The Morgan fingerprint density at radius 3 is 2.57 bits per heavy atom. The standard InChI is InChI=1S/C21H37N5O3S/c1-6-22-20(24-16-21(2,3)25-30(5,27)28)23-15-19(26-12-7-8-13-26)17-10-9-11-18(14-17)29-4/h9-11,14,19,25H,6-8,12-13,15-16H2,1-5H3,(H2,22,23,24).